The maximum Gasteiger partial charge on any atom is 0.279 e. The number of nitrogens with zero attached hydrogens (tertiary/aromatic N) is 1. The lowest BCUT2D eigenvalue weighted by Crippen LogP contribution is -3.14. The third-order valence-corrected chi connectivity index (χ3v) is 6.33. The highest BCUT2D eigenvalue weighted by Gasteiger charge is 2.28. The van der Waals surface area contributed by atoms with E-state index in [4.69, 9.17) is 16.6 Å². The van der Waals surface area contributed by atoms with E-state index >= 15 is 0 Å². The lowest BCUT2D eigenvalue weighted by Gasteiger charge is -2.28. The van der Waals surface area contributed by atoms with Gasteiger partial charge in [-0.15, -0.1) is 11.3 Å². The Morgan fingerprint density at radius 2 is 2.19 bits per heavy atom. The van der Waals surface area contributed by atoms with Gasteiger partial charge in [0, 0.05) is 5.02 Å². The zero-order valence-corrected chi connectivity index (χ0v) is 16.2. The molecule has 0 radical (unpaired) electrons. The van der Waals surface area contributed by atoms with Crippen molar-refractivity contribution >= 4 is 44.7 Å². The predicted molar refractivity (Wildman–Crippen MR) is 107 cm³/mol. The molecule has 0 saturated carbocycles. The zero-order valence-electron chi connectivity index (χ0n) is 14.7. The second-order valence-corrected chi connectivity index (χ2v) is 8.41. The van der Waals surface area contributed by atoms with Crippen LogP contribution in [0, 0.1) is 5.82 Å². The number of para-hydroxylation sites is 1. The highest BCUT2D eigenvalue weighted by Crippen LogP contribution is 2.30. The number of nitrogens with one attached hydrogen (secondary N) is 2. The maximum atomic E-state index is 13.9. The van der Waals surface area contributed by atoms with Gasteiger partial charge in [-0.25, -0.2) is 9.37 Å². The van der Waals surface area contributed by atoms with E-state index in [-0.39, 0.29) is 11.6 Å². The molecule has 0 aliphatic carbocycles. The van der Waals surface area contributed by atoms with E-state index in [2.05, 4.69) is 11.4 Å². The Bertz CT molecular complexity index is 944. The van der Waals surface area contributed by atoms with Crippen molar-refractivity contribution in [2.75, 3.05) is 25.0 Å². The molecule has 2 heterocycles. The summed E-state index contributed by atoms with van der Waals surface area (Å²) in [6, 6.07) is 12.4. The minimum Gasteiger partial charge on any atom is -0.327 e. The summed E-state index contributed by atoms with van der Waals surface area (Å²) in [7, 11) is 0. The molecule has 1 aromatic heterocycles. The van der Waals surface area contributed by atoms with Gasteiger partial charge in [0.15, 0.2) is 6.54 Å². The Hall–Kier alpha value is -2.02. The van der Waals surface area contributed by atoms with Crippen molar-refractivity contribution in [3.8, 4) is 0 Å². The zero-order chi connectivity index (χ0) is 18.8. The molecule has 3 aromatic rings. The Kier molecular flexibility index (Phi) is 5.38. The van der Waals surface area contributed by atoms with Crippen LogP contribution in [0.5, 0.6) is 0 Å². The van der Waals surface area contributed by atoms with Crippen molar-refractivity contribution in [2.24, 2.45) is 0 Å². The van der Waals surface area contributed by atoms with E-state index in [0.717, 1.165) is 36.5 Å². The van der Waals surface area contributed by atoms with Gasteiger partial charge in [0.05, 0.1) is 34.9 Å². The first-order valence-corrected chi connectivity index (χ1v) is 10.2. The van der Waals surface area contributed by atoms with E-state index < -0.39 is 5.82 Å². The molecule has 1 aliphatic heterocycles. The van der Waals surface area contributed by atoms with E-state index in [1.54, 1.807) is 17.4 Å². The number of aromatic nitrogens is 1. The van der Waals surface area contributed by atoms with E-state index in [1.807, 2.05) is 18.2 Å². The number of hydrogen-bond donors (Lipinski definition) is 2. The first-order chi connectivity index (χ1) is 13.1. The van der Waals surface area contributed by atoms with Gasteiger partial charge in [-0.1, -0.05) is 23.7 Å². The number of quaternary nitrogens is 1. The third kappa shape index (κ3) is 4.29. The molecule has 140 valence electrons. The Balaban J connectivity index is 1.40. The van der Waals surface area contributed by atoms with Crippen molar-refractivity contribution < 1.29 is 14.1 Å². The number of hydrogen-bond acceptors (Lipinski definition) is 3. The number of benzene rings is 2. The topological polar surface area (TPSA) is 46.4 Å². The van der Waals surface area contributed by atoms with Crippen LogP contribution < -0.4 is 10.2 Å². The normalized spacial score (nSPS) is 19.9. The van der Waals surface area contributed by atoms with Gasteiger partial charge in [0.25, 0.3) is 5.91 Å². The van der Waals surface area contributed by atoms with Crippen LogP contribution >= 0.6 is 22.9 Å². The molecule has 2 aromatic carbocycles. The molecule has 1 aliphatic rings. The minimum atomic E-state index is -0.517. The number of carbonyl (C=O) groups is 1. The first-order valence-electron chi connectivity index (χ1n) is 9.02. The lowest BCUT2D eigenvalue weighted by atomic mass is 9.99. The fourth-order valence-electron chi connectivity index (χ4n) is 3.60. The number of thiazole rings is 1. The van der Waals surface area contributed by atoms with Gasteiger partial charge >= 0.3 is 0 Å². The number of rotatable bonds is 4. The second-order valence-electron chi connectivity index (χ2n) is 6.91. The summed E-state index contributed by atoms with van der Waals surface area (Å²) in [5.41, 5.74) is 1.21. The van der Waals surface area contributed by atoms with Crippen LogP contribution in [0.2, 0.25) is 5.02 Å². The van der Waals surface area contributed by atoms with Gasteiger partial charge in [0.2, 0.25) is 0 Å². The maximum absolute atomic E-state index is 13.9. The molecule has 2 N–H and O–H groups in total. The lowest BCUT2D eigenvalue weighted by molar-refractivity contribution is -0.898. The molecule has 2 atom stereocenters. The van der Waals surface area contributed by atoms with E-state index in [9.17, 15) is 9.18 Å². The van der Waals surface area contributed by atoms with Crippen LogP contribution in [0.15, 0.2) is 42.5 Å². The molecule has 4 rings (SSSR count). The SMILES string of the molecule is O=C(C[NH+]1CCC[C@@H](c2nc3ccccc3s2)C1)Nc1ccc(Cl)cc1F. The molecule has 0 spiro atoms. The standard InChI is InChI=1S/C20H19ClFN3OS/c21-14-7-8-16(15(22)10-14)23-19(26)12-25-9-3-4-13(11-25)20-24-17-5-1-2-6-18(17)27-20/h1-2,5-8,10,13H,3-4,9,11-12H2,(H,23,26)/p+1/t13-/m1/s1. The number of fused-ring (bicyclic) bond motifs is 1. The van der Waals surface area contributed by atoms with Gasteiger partial charge in [-0.3, -0.25) is 4.79 Å². The van der Waals surface area contributed by atoms with Crippen molar-refractivity contribution in [1.29, 1.82) is 0 Å². The predicted octanol–water partition coefficient (Wildman–Crippen LogP) is 3.49. The number of anilines is 1. The molecule has 27 heavy (non-hydrogen) atoms. The summed E-state index contributed by atoms with van der Waals surface area (Å²) in [5.74, 6) is -0.334. The van der Waals surface area contributed by atoms with Gasteiger partial charge in [-0.2, -0.15) is 0 Å². The summed E-state index contributed by atoms with van der Waals surface area (Å²) >= 11 is 7.49. The average molecular weight is 405 g/mol. The average Bonchev–Trinajstić information content (AvgIpc) is 3.08. The quantitative estimate of drug-likeness (QED) is 0.699. The largest absolute Gasteiger partial charge is 0.327 e. The fraction of sp³-hybridized carbons (Fsp3) is 0.300. The molecule has 1 fully saturated rings. The molecule has 0 bridgehead atoms. The fourth-order valence-corrected chi connectivity index (χ4v) is 4.86. The summed E-state index contributed by atoms with van der Waals surface area (Å²) in [4.78, 5) is 18.3. The molecular formula is C20H20ClFN3OS+. The summed E-state index contributed by atoms with van der Waals surface area (Å²) < 4.78 is 15.1. The van der Waals surface area contributed by atoms with Crippen LogP contribution in [0.4, 0.5) is 10.1 Å². The number of likely N-dealkylation sites (tertiary alicyclic amines) is 1. The molecule has 4 nitrogen and oxygen atoms in total. The Labute approximate surface area is 166 Å². The van der Waals surface area contributed by atoms with Crippen LogP contribution in [0.1, 0.15) is 23.8 Å². The monoisotopic (exact) mass is 404 g/mol. The summed E-state index contributed by atoms with van der Waals surface area (Å²) in [6.07, 6.45) is 2.15. The van der Waals surface area contributed by atoms with Crippen molar-refractivity contribution in [2.45, 2.75) is 18.8 Å². The number of carbonyl (C=O) groups excluding carboxylic acids is 1. The molecular weight excluding hydrogens is 385 g/mol. The number of amides is 1. The smallest absolute Gasteiger partial charge is 0.279 e. The highest BCUT2D eigenvalue weighted by molar-refractivity contribution is 7.18. The summed E-state index contributed by atoms with van der Waals surface area (Å²) in [5, 5.41) is 4.12. The van der Waals surface area contributed by atoms with Crippen LogP contribution in [0.25, 0.3) is 10.2 Å². The second kappa shape index (κ2) is 7.92. The molecule has 1 saturated heterocycles. The van der Waals surface area contributed by atoms with Gasteiger partial charge in [-0.05, 0) is 43.2 Å². The number of piperidine rings is 1. The van der Waals surface area contributed by atoms with Gasteiger partial charge in [0.1, 0.15) is 10.8 Å². The van der Waals surface area contributed by atoms with Gasteiger partial charge < -0.3 is 10.2 Å². The number of halogens is 2. The molecule has 1 amide bonds. The summed E-state index contributed by atoms with van der Waals surface area (Å²) in [6.45, 7) is 2.14. The first kappa shape index (κ1) is 18.3. The highest BCUT2D eigenvalue weighted by atomic mass is 35.5. The van der Waals surface area contributed by atoms with E-state index in [0.29, 0.717) is 17.5 Å². The molecule has 7 heteroatoms. The van der Waals surface area contributed by atoms with E-state index in [1.165, 1.54) is 21.7 Å². The Morgan fingerprint density at radius 1 is 1.33 bits per heavy atom. The van der Waals surface area contributed by atoms with Crippen molar-refractivity contribution in [3.05, 3.63) is 58.3 Å². The van der Waals surface area contributed by atoms with Crippen molar-refractivity contribution in [1.82, 2.24) is 4.98 Å². The van der Waals surface area contributed by atoms with Crippen LogP contribution in [-0.2, 0) is 4.79 Å². The molecule has 1 unspecified atom stereocenters. The Morgan fingerprint density at radius 3 is 3.00 bits per heavy atom. The van der Waals surface area contributed by atoms with Crippen LogP contribution in [0.3, 0.4) is 0 Å². The van der Waals surface area contributed by atoms with Crippen molar-refractivity contribution in [3.63, 3.8) is 0 Å². The van der Waals surface area contributed by atoms with Crippen LogP contribution in [-0.4, -0.2) is 30.5 Å². The minimum absolute atomic E-state index is 0.170. The third-order valence-electron chi connectivity index (χ3n) is 4.89.